The average Bonchev–Trinajstić information content (AvgIpc) is 1.27. The summed E-state index contributed by atoms with van der Waals surface area (Å²) < 4.78 is 152. The Labute approximate surface area is 749 Å². The van der Waals surface area contributed by atoms with Crippen LogP contribution in [0, 0.1) is 68.9 Å². The number of aromatic nitrogens is 3. The third-order valence-corrected chi connectivity index (χ3v) is 26.6. The first-order valence-electron chi connectivity index (χ1n) is 42.3. The Hall–Kier alpha value is -12.0. The van der Waals surface area contributed by atoms with Crippen LogP contribution < -0.4 is 45.6 Å². The van der Waals surface area contributed by atoms with Gasteiger partial charge in [-0.05, 0) is 126 Å². The van der Waals surface area contributed by atoms with Gasteiger partial charge in [0.2, 0.25) is 17.7 Å². The van der Waals surface area contributed by atoms with Crippen molar-refractivity contribution in [1.82, 2.24) is 43.1 Å². The molecule has 0 aliphatic carbocycles. The SMILES string of the molecule is C=CC(=O)N1CCN(c2c(C#N)c(=O)n3c4c(c(-c5ccc(F)cc5F)c(Cl)cc24)OCC3CN2CC(F)C(F)C2)[C@@H](C)C1.C=CC(=O)N1CCN(c2c(C#N)c(=O)n3c4c(c(-c5ccc(F)cc5F)c(Cl)cc24)OCC3CN2CCC(F)C2)[C@@H](C)C1.C=CC(=O)N1CCN(c2c(C#N)c(=O)n3c4c(c(-c5ccc(F)cc5F)c(Cl)cc24)OCC3CN2CCCC2)[C@@H](C)C1. The van der Waals surface area contributed by atoms with Crippen LogP contribution in [0.15, 0.2) is 125 Å². The fourth-order valence-corrected chi connectivity index (χ4v) is 20.6. The Bertz CT molecular complexity index is 6460. The third kappa shape index (κ3) is 16.6. The molecule has 12 heterocycles. The van der Waals surface area contributed by atoms with Gasteiger partial charge in [0, 0.05) is 191 Å². The van der Waals surface area contributed by atoms with Crippen LogP contribution >= 0.6 is 34.8 Å². The highest BCUT2D eigenvalue weighted by Gasteiger charge is 2.44. The lowest BCUT2D eigenvalue weighted by Crippen LogP contribution is -2.54. The van der Waals surface area contributed by atoms with E-state index in [2.05, 4.69) is 42.8 Å². The first kappa shape index (κ1) is 90.3. The fourth-order valence-electron chi connectivity index (χ4n) is 19.8. The van der Waals surface area contributed by atoms with Crippen LogP contribution in [0.4, 0.5) is 56.6 Å². The molecule has 0 radical (unpaired) electrons. The molecule has 3 amide bonds. The zero-order chi connectivity index (χ0) is 91.7. The molecule has 9 aliphatic heterocycles. The summed E-state index contributed by atoms with van der Waals surface area (Å²) in [6, 6.07) is 17.9. The number of pyridine rings is 3. The Kier molecular flexibility index (Phi) is 25.8. The average molecular weight is 1840 g/mol. The number of carbonyl (C=O) groups is 3. The summed E-state index contributed by atoms with van der Waals surface area (Å²) in [5.74, 6) is -5.05. The number of piperazine rings is 3. The molecule has 0 saturated carbocycles. The van der Waals surface area contributed by atoms with E-state index in [0.29, 0.717) is 123 Å². The predicted octanol–water partition coefficient (Wildman–Crippen LogP) is 14.0. The number of nitriles is 3. The summed E-state index contributed by atoms with van der Waals surface area (Å²) in [5.41, 5.74) is 0.539. The second-order valence-electron chi connectivity index (χ2n) is 33.7. The molecule has 0 bridgehead atoms. The maximum absolute atomic E-state index is 15.1. The smallest absolute Gasteiger partial charge is 0.271 e. The van der Waals surface area contributed by atoms with E-state index in [4.69, 9.17) is 49.0 Å². The van der Waals surface area contributed by atoms with Gasteiger partial charge in [0.1, 0.15) is 108 Å². The molecule has 18 rings (SSSR count). The molecule has 9 aliphatic rings. The highest BCUT2D eigenvalue weighted by Crippen LogP contribution is 2.53. The van der Waals surface area contributed by atoms with Crippen molar-refractivity contribution in [2.45, 2.75) is 94.8 Å². The Morgan fingerprint density at radius 2 is 0.736 bits per heavy atom. The van der Waals surface area contributed by atoms with Gasteiger partial charge in [-0.1, -0.05) is 54.5 Å². The third-order valence-electron chi connectivity index (χ3n) is 25.7. The van der Waals surface area contributed by atoms with Gasteiger partial charge in [-0.15, -0.1) is 0 Å². The minimum absolute atomic E-state index is 0.00334. The van der Waals surface area contributed by atoms with E-state index < -0.39 is 88.2 Å². The lowest BCUT2D eigenvalue weighted by Gasteiger charge is -2.42. The number of hydrogen-bond donors (Lipinski definition) is 0. The van der Waals surface area contributed by atoms with E-state index in [9.17, 15) is 70.9 Å². The molecule has 6 unspecified atom stereocenters. The quantitative estimate of drug-likeness (QED) is 0.0684. The molecule has 0 N–H and O–H groups in total. The molecule has 129 heavy (non-hydrogen) atoms. The molecule has 0 spiro atoms. The van der Waals surface area contributed by atoms with E-state index in [-0.39, 0.29) is 182 Å². The van der Waals surface area contributed by atoms with Crippen molar-refractivity contribution in [3.8, 4) is 68.8 Å². The van der Waals surface area contributed by atoms with Gasteiger partial charge in [-0.2, -0.15) is 15.8 Å². The first-order valence-corrected chi connectivity index (χ1v) is 43.4. The van der Waals surface area contributed by atoms with E-state index in [1.165, 1.54) is 51.6 Å². The van der Waals surface area contributed by atoms with Gasteiger partial charge in [0.25, 0.3) is 16.7 Å². The molecule has 6 saturated heterocycles. The standard InChI is InChI=1S/C31H28ClF4N5O3.C31H29ClF3N5O3.C31H30ClF2N5O3/c1-3-26(42)39-6-7-40(16(2)11-39)28-20-9-22(32)27(19-5-4-17(33)8-23(19)34)30-29(20)41(31(43)21(28)10-37)18(15-44-30)12-38-13-24(35)25(36)14-38;1-3-26(41)38-8-9-39(17(2)13-38)28-22-11-24(32)27(21-5-4-18(33)10-25(21)35)30-29(22)40(31(42)23(28)12-36)20(16-43-30)15-37-7-6-19(34)14-37;1-3-26(40)37-10-11-38(18(2)15-37)28-22-13-24(32)27(21-7-6-19(33)12-25(21)34)30-29(22)39(31(41)23(28)14-35)20(17-42-30)16-36-8-4-5-9-36/h3-5,8-9,16,18,24-25H,1,6-7,11-15H2,2H3;3-5,10-11,17,19-20H,1,6-9,13-16H2,2H3;3,6-7,12-13,18,20H,1,4-5,8-11,15-17H2,2H3/t16-,18?,24?,25?;17-,19?,20?;18-,20?/m000/s1. The summed E-state index contributed by atoms with van der Waals surface area (Å²) in [7, 11) is 0. The monoisotopic (exact) mass is 1830 g/mol. The minimum atomic E-state index is -1.67. The topological polar surface area (TPSA) is 245 Å². The van der Waals surface area contributed by atoms with Crippen molar-refractivity contribution in [3.05, 3.63) is 208 Å². The van der Waals surface area contributed by atoms with E-state index in [0.717, 1.165) is 56.3 Å². The van der Waals surface area contributed by atoms with Gasteiger partial charge in [-0.25, -0.2) is 39.5 Å². The Morgan fingerprint density at radius 1 is 0.426 bits per heavy atom. The molecule has 672 valence electrons. The zero-order valence-corrected chi connectivity index (χ0v) is 72.6. The molecular formula is C93H87Cl3F9N15O9. The number of carbonyl (C=O) groups excluding carboxylic acids is 3. The zero-order valence-electron chi connectivity index (χ0n) is 70.4. The van der Waals surface area contributed by atoms with Gasteiger partial charge in [0.15, 0.2) is 17.2 Å². The molecule has 3 aromatic heterocycles. The molecule has 6 aromatic carbocycles. The molecule has 9 aromatic rings. The maximum atomic E-state index is 15.1. The number of anilines is 3. The van der Waals surface area contributed by atoms with Crippen molar-refractivity contribution in [3.63, 3.8) is 0 Å². The molecule has 36 heteroatoms. The summed E-state index contributed by atoms with van der Waals surface area (Å²) in [5, 5.41) is 32.7. The molecule has 9 atom stereocenters. The van der Waals surface area contributed by atoms with Gasteiger partial charge < -0.3 is 48.5 Å². The van der Waals surface area contributed by atoms with Gasteiger partial charge in [-0.3, -0.25) is 52.3 Å². The largest absolute Gasteiger partial charge is 0.488 e. The van der Waals surface area contributed by atoms with E-state index >= 15 is 13.2 Å². The van der Waals surface area contributed by atoms with Crippen molar-refractivity contribution < 1.29 is 68.1 Å². The van der Waals surface area contributed by atoms with E-state index in [1.807, 2.05) is 40.4 Å². The summed E-state index contributed by atoms with van der Waals surface area (Å²) in [4.78, 5) is 96.1. The van der Waals surface area contributed by atoms with Crippen molar-refractivity contribution >= 4 is 102 Å². The predicted molar refractivity (Wildman–Crippen MR) is 472 cm³/mol. The number of alkyl halides is 3. The number of ether oxygens (including phenoxy) is 3. The molecule has 6 fully saturated rings. The van der Waals surface area contributed by atoms with Crippen LogP contribution in [0.1, 0.15) is 74.8 Å². The second kappa shape index (κ2) is 36.8. The van der Waals surface area contributed by atoms with Crippen LogP contribution in [0.3, 0.4) is 0 Å². The maximum Gasteiger partial charge on any atom is 0.271 e. The van der Waals surface area contributed by atoms with E-state index in [1.54, 1.807) is 36.3 Å². The first-order chi connectivity index (χ1) is 61.9. The van der Waals surface area contributed by atoms with Crippen LogP contribution in [0.2, 0.25) is 15.1 Å². The number of hydrogen-bond acceptors (Lipinski definition) is 18. The highest BCUT2D eigenvalue weighted by atomic mass is 35.5. The van der Waals surface area contributed by atoms with Gasteiger partial charge in [0.05, 0.1) is 66.8 Å². The number of nitrogens with zero attached hydrogens (tertiary/aromatic N) is 15. The fraction of sp³-hybridized carbons (Fsp3) is 0.387. The van der Waals surface area contributed by atoms with Crippen LogP contribution in [0.25, 0.3) is 66.1 Å². The van der Waals surface area contributed by atoms with Crippen molar-refractivity contribution in [2.75, 3.05) is 152 Å². The summed E-state index contributed by atoms with van der Waals surface area (Å²) in [6.07, 6.45) is 1.96. The lowest BCUT2D eigenvalue weighted by molar-refractivity contribution is -0.127. The normalized spacial score (nSPS) is 22.0. The molecular weight excluding hydrogens is 1750 g/mol. The number of rotatable bonds is 15. The minimum Gasteiger partial charge on any atom is -0.488 e. The molecule has 24 nitrogen and oxygen atoms in total. The van der Waals surface area contributed by atoms with Crippen molar-refractivity contribution in [2.24, 2.45) is 0 Å². The van der Waals surface area contributed by atoms with Gasteiger partial charge >= 0.3 is 0 Å². The van der Waals surface area contributed by atoms with Crippen LogP contribution in [-0.2, 0) is 14.4 Å². The Morgan fingerprint density at radius 3 is 1.02 bits per heavy atom. The lowest BCUT2D eigenvalue weighted by atomic mass is 9.96. The van der Waals surface area contributed by atoms with Crippen LogP contribution in [-0.4, -0.2) is 235 Å². The number of amides is 3. The van der Waals surface area contributed by atoms with Crippen LogP contribution in [0.5, 0.6) is 17.2 Å². The summed E-state index contributed by atoms with van der Waals surface area (Å²) in [6.45, 7) is 22.5. The summed E-state index contributed by atoms with van der Waals surface area (Å²) >= 11 is 20.5. The second-order valence-corrected chi connectivity index (χ2v) is 34.9. The highest BCUT2D eigenvalue weighted by molar-refractivity contribution is 6.36. The van der Waals surface area contributed by atoms with Crippen molar-refractivity contribution in [1.29, 1.82) is 15.8 Å². The number of benzene rings is 6. The number of halogens is 12. The Balaban J connectivity index is 0.000000142. The number of likely N-dealkylation sites (tertiary alicyclic amines) is 3.